The van der Waals surface area contributed by atoms with E-state index in [9.17, 15) is 4.79 Å². The Hall–Kier alpha value is -0.360. The van der Waals surface area contributed by atoms with E-state index in [-0.39, 0.29) is 24.4 Å². The van der Waals surface area contributed by atoms with Gasteiger partial charge in [-0.05, 0) is 14.0 Å². The van der Waals surface area contributed by atoms with E-state index in [1.54, 1.807) is 0 Å². The first-order valence-electron chi connectivity index (χ1n) is 5.39. The van der Waals surface area contributed by atoms with Gasteiger partial charge in [0.15, 0.2) is 0 Å². The largest absolute Gasteiger partial charge is 0.378 e. The Morgan fingerprint density at radius 1 is 1.50 bits per heavy atom. The third-order valence-electron chi connectivity index (χ3n) is 2.37. The molecule has 1 aliphatic rings. The zero-order chi connectivity index (χ0) is 11.3. The molecule has 1 heterocycles. The molecule has 2 N–H and O–H groups in total. The van der Waals surface area contributed by atoms with Crippen LogP contribution in [0.2, 0.25) is 0 Å². The van der Waals surface area contributed by atoms with Crippen molar-refractivity contribution in [3.63, 3.8) is 0 Å². The number of hydrogen-bond donors (Lipinski definition) is 1. The van der Waals surface area contributed by atoms with E-state index in [0.717, 1.165) is 6.54 Å². The highest BCUT2D eigenvalue weighted by molar-refractivity contribution is 5.85. The summed E-state index contributed by atoms with van der Waals surface area (Å²) >= 11 is 0. The first kappa shape index (κ1) is 15.6. The van der Waals surface area contributed by atoms with Gasteiger partial charge in [-0.2, -0.15) is 0 Å². The fraction of sp³-hybridized carbons (Fsp3) is 0.900. The van der Waals surface area contributed by atoms with Crippen LogP contribution >= 0.6 is 12.4 Å². The number of rotatable bonds is 4. The minimum Gasteiger partial charge on any atom is -0.378 e. The minimum atomic E-state index is 0. The van der Waals surface area contributed by atoms with Crippen molar-refractivity contribution < 1.29 is 9.53 Å². The van der Waals surface area contributed by atoms with E-state index < -0.39 is 0 Å². The molecule has 0 aromatic rings. The van der Waals surface area contributed by atoms with Gasteiger partial charge in [0.1, 0.15) is 0 Å². The zero-order valence-corrected chi connectivity index (χ0v) is 10.8. The Morgan fingerprint density at radius 2 is 2.06 bits per heavy atom. The Balaban J connectivity index is 0.00000225. The van der Waals surface area contributed by atoms with Gasteiger partial charge in [-0.25, -0.2) is 0 Å². The monoisotopic (exact) mass is 251 g/mol. The highest BCUT2D eigenvalue weighted by Crippen LogP contribution is 1.98. The van der Waals surface area contributed by atoms with Gasteiger partial charge in [0.2, 0.25) is 5.91 Å². The highest BCUT2D eigenvalue weighted by atomic mass is 35.5. The first-order chi connectivity index (χ1) is 7.09. The molecule has 1 saturated heterocycles. The van der Waals surface area contributed by atoms with E-state index >= 15 is 0 Å². The molecule has 0 saturated carbocycles. The van der Waals surface area contributed by atoms with E-state index in [4.69, 9.17) is 10.5 Å². The van der Waals surface area contributed by atoms with Crippen molar-refractivity contribution >= 4 is 18.3 Å². The second-order valence-corrected chi connectivity index (χ2v) is 4.17. The third-order valence-corrected chi connectivity index (χ3v) is 2.37. The van der Waals surface area contributed by atoms with Crippen molar-refractivity contribution in [3.8, 4) is 0 Å². The van der Waals surface area contributed by atoms with Crippen LogP contribution in [0.4, 0.5) is 0 Å². The van der Waals surface area contributed by atoms with Crippen LogP contribution in [0.1, 0.15) is 6.92 Å². The fourth-order valence-corrected chi connectivity index (χ4v) is 1.70. The van der Waals surface area contributed by atoms with Crippen molar-refractivity contribution in [1.82, 2.24) is 9.80 Å². The molecule has 1 rings (SSSR count). The van der Waals surface area contributed by atoms with Crippen LogP contribution in [0.5, 0.6) is 0 Å². The van der Waals surface area contributed by atoms with Crippen LogP contribution in [0.3, 0.4) is 0 Å². The van der Waals surface area contributed by atoms with Gasteiger partial charge in [0.25, 0.3) is 0 Å². The highest BCUT2D eigenvalue weighted by Gasteiger charge is 2.18. The Bertz CT molecular complexity index is 208. The molecule has 5 nitrogen and oxygen atoms in total. The molecule has 6 heteroatoms. The molecule has 1 amide bonds. The quantitative estimate of drug-likeness (QED) is 0.735. The summed E-state index contributed by atoms with van der Waals surface area (Å²) in [6.07, 6.45) is 0. The zero-order valence-electron chi connectivity index (χ0n) is 10.0. The number of amides is 1. The maximum atomic E-state index is 11.8. The summed E-state index contributed by atoms with van der Waals surface area (Å²) in [6.45, 7) is 5.87. The van der Waals surface area contributed by atoms with Gasteiger partial charge in [-0.3, -0.25) is 9.69 Å². The topological polar surface area (TPSA) is 58.8 Å². The summed E-state index contributed by atoms with van der Waals surface area (Å²) in [4.78, 5) is 15.6. The van der Waals surface area contributed by atoms with Gasteiger partial charge >= 0.3 is 0 Å². The second kappa shape index (κ2) is 7.84. The summed E-state index contributed by atoms with van der Waals surface area (Å²) in [6, 6.07) is 0.104. The van der Waals surface area contributed by atoms with Crippen molar-refractivity contribution in [2.24, 2.45) is 5.73 Å². The molecule has 0 aromatic carbocycles. The maximum Gasteiger partial charge on any atom is 0.236 e. The van der Waals surface area contributed by atoms with E-state index in [2.05, 4.69) is 0 Å². The predicted octanol–water partition coefficient (Wildman–Crippen LogP) is -0.454. The van der Waals surface area contributed by atoms with Crippen LogP contribution in [0.15, 0.2) is 0 Å². The molecule has 1 aliphatic heterocycles. The Morgan fingerprint density at radius 3 is 2.56 bits per heavy atom. The number of nitrogens with zero attached hydrogens (tertiary/aromatic N) is 2. The molecule has 0 spiro atoms. The molecule has 1 atom stereocenters. The average Bonchev–Trinajstić information content (AvgIpc) is 2.17. The normalized spacial score (nSPS) is 18.1. The van der Waals surface area contributed by atoms with E-state index in [1.165, 1.54) is 0 Å². The summed E-state index contributed by atoms with van der Waals surface area (Å²) in [5.74, 6) is 0.168. The van der Waals surface area contributed by atoms with Gasteiger partial charge in [-0.1, -0.05) is 0 Å². The van der Waals surface area contributed by atoms with Crippen LogP contribution < -0.4 is 5.73 Å². The lowest BCUT2D eigenvalue weighted by molar-refractivity contribution is -0.136. The molecular formula is C10H22ClN3O2. The summed E-state index contributed by atoms with van der Waals surface area (Å²) < 4.78 is 5.19. The van der Waals surface area contributed by atoms with Gasteiger partial charge in [0, 0.05) is 25.7 Å². The van der Waals surface area contributed by atoms with Crippen LogP contribution in [0.25, 0.3) is 0 Å². The number of morpholine rings is 1. The lowest BCUT2D eigenvalue weighted by Gasteiger charge is -2.29. The molecule has 0 aromatic heterocycles. The minimum absolute atomic E-state index is 0. The average molecular weight is 252 g/mol. The molecule has 0 radical (unpaired) electrons. The lowest BCUT2D eigenvalue weighted by atomic mass is 10.3. The first-order valence-corrected chi connectivity index (χ1v) is 5.39. The number of carbonyl (C=O) groups excluding carboxylic acids is 1. The molecule has 96 valence electrons. The summed E-state index contributed by atoms with van der Waals surface area (Å²) in [7, 11) is 1.92. The Kier molecular flexibility index (Phi) is 7.66. The van der Waals surface area contributed by atoms with Gasteiger partial charge < -0.3 is 15.4 Å². The van der Waals surface area contributed by atoms with E-state index in [0.29, 0.717) is 32.8 Å². The number of halogens is 1. The number of ether oxygens (including phenoxy) is 1. The number of likely N-dealkylation sites (N-methyl/N-ethyl adjacent to an activating group) is 1. The van der Waals surface area contributed by atoms with Gasteiger partial charge in [-0.15, -0.1) is 12.4 Å². The van der Waals surface area contributed by atoms with Gasteiger partial charge in [0.05, 0.1) is 19.8 Å². The van der Waals surface area contributed by atoms with Crippen LogP contribution in [-0.4, -0.2) is 68.2 Å². The number of carbonyl (C=O) groups is 1. The van der Waals surface area contributed by atoms with E-state index in [1.807, 2.05) is 23.8 Å². The molecule has 1 fully saturated rings. The second-order valence-electron chi connectivity index (χ2n) is 4.17. The summed E-state index contributed by atoms with van der Waals surface area (Å²) in [5, 5.41) is 0. The van der Waals surface area contributed by atoms with Crippen LogP contribution in [-0.2, 0) is 9.53 Å². The smallest absolute Gasteiger partial charge is 0.236 e. The summed E-state index contributed by atoms with van der Waals surface area (Å²) in [5.41, 5.74) is 5.66. The molecule has 0 bridgehead atoms. The third kappa shape index (κ3) is 5.65. The number of nitrogens with two attached hydrogens (primary N) is 1. The standard InChI is InChI=1S/C10H21N3O2.ClH/c1-9(11)7-12(2)8-10(14)13-3-5-15-6-4-13;/h9H,3-8,11H2,1-2H3;1H. The van der Waals surface area contributed by atoms with Crippen molar-refractivity contribution in [1.29, 1.82) is 0 Å². The fourth-order valence-electron chi connectivity index (χ4n) is 1.70. The van der Waals surface area contributed by atoms with Crippen molar-refractivity contribution in [2.45, 2.75) is 13.0 Å². The molecule has 16 heavy (non-hydrogen) atoms. The number of hydrogen-bond acceptors (Lipinski definition) is 4. The Labute approximate surface area is 103 Å². The predicted molar refractivity (Wildman–Crippen MR) is 65.8 cm³/mol. The lowest BCUT2D eigenvalue weighted by Crippen LogP contribution is -2.46. The van der Waals surface area contributed by atoms with Crippen molar-refractivity contribution in [2.75, 3.05) is 46.4 Å². The SMILES string of the molecule is CC(N)CN(C)CC(=O)N1CCOCC1.Cl. The molecule has 0 aliphatic carbocycles. The molecular weight excluding hydrogens is 230 g/mol. The molecule has 1 unspecified atom stereocenters. The van der Waals surface area contributed by atoms with Crippen molar-refractivity contribution in [3.05, 3.63) is 0 Å². The van der Waals surface area contributed by atoms with Crippen LogP contribution in [0, 0.1) is 0 Å². The maximum absolute atomic E-state index is 11.8.